The minimum atomic E-state index is -0.523. The summed E-state index contributed by atoms with van der Waals surface area (Å²) in [5.41, 5.74) is 0.833. The molecule has 1 atom stereocenters. The zero-order valence-corrected chi connectivity index (χ0v) is 15.6. The monoisotopic (exact) mass is 384 g/mol. The Bertz CT molecular complexity index is 959. The topological polar surface area (TPSA) is 42.3 Å². The Kier molecular flexibility index (Phi) is 5.36. The standard InChI is InChI=1S/C21H22F2N4O/c1-26-10-9-25-21(26)18-13-24-8-11-27(18)14-15-6-7-20(17(23)12-15)28-19-5-3-2-4-16(19)22/h2-7,9-10,12,18,24H,8,11,13-14H2,1H3. The first kappa shape index (κ1) is 18.6. The van der Waals surface area contributed by atoms with Crippen molar-refractivity contribution < 1.29 is 13.5 Å². The lowest BCUT2D eigenvalue weighted by Gasteiger charge is -2.35. The molecule has 1 aromatic heterocycles. The van der Waals surface area contributed by atoms with Crippen molar-refractivity contribution in [1.82, 2.24) is 19.8 Å². The Morgan fingerprint density at radius 1 is 1.14 bits per heavy atom. The van der Waals surface area contributed by atoms with E-state index >= 15 is 0 Å². The molecule has 1 aliphatic rings. The average molecular weight is 384 g/mol. The molecule has 0 amide bonds. The smallest absolute Gasteiger partial charge is 0.166 e. The first-order chi connectivity index (χ1) is 13.6. The second kappa shape index (κ2) is 8.08. The van der Waals surface area contributed by atoms with E-state index in [1.165, 1.54) is 18.2 Å². The number of rotatable bonds is 5. The van der Waals surface area contributed by atoms with Crippen molar-refractivity contribution in [3.63, 3.8) is 0 Å². The van der Waals surface area contributed by atoms with Crippen molar-refractivity contribution in [2.45, 2.75) is 12.6 Å². The van der Waals surface area contributed by atoms with Gasteiger partial charge in [-0.3, -0.25) is 4.90 Å². The van der Waals surface area contributed by atoms with Gasteiger partial charge in [0.1, 0.15) is 5.82 Å². The Hall–Kier alpha value is -2.77. The lowest BCUT2D eigenvalue weighted by Crippen LogP contribution is -2.46. The summed E-state index contributed by atoms with van der Waals surface area (Å²) in [6.07, 6.45) is 3.72. The highest BCUT2D eigenvalue weighted by molar-refractivity contribution is 5.35. The van der Waals surface area contributed by atoms with Crippen LogP contribution in [0.3, 0.4) is 0 Å². The maximum atomic E-state index is 14.6. The predicted octanol–water partition coefficient (Wildman–Crippen LogP) is 3.64. The number of aromatic nitrogens is 2. The van der Waals surface area contributed by atoms with Gasteiger partial charge in [0.05, 0.1) is 6.04 Å². The molecule has 146 valence electrons. The molecule has 5 nitrogen and oxygen atoms in total. The van der Waals surface area contributed by atoms with Crippen molar-refractivity contribution in [1.29, 1.82) is 0 Å². The Labute approximate surface area is 162 Å². The van der Waals surface area contributed by atoms with Gasteiger partial charge >= 0.3 is 0 Å². The molecule has 0 saturated carbocycles. The minimum absolute atomic E-state index is 0.00565. The first-order valence-electron chi connectivity index (χ1n) is 9.24. The average Bonchev–Trinajstić information content (AvgIpc) is 3.12. The minimum Gasteiger partial charge on any atom is -0.451 e. The fraction of sp³-hybridized carbons (Fsp3) is 0.286. The van der Waals surface area contributed by atoms with Crippen molar-refractivity contribution in [3.8, 4) is 11.5 Å². The highest BCUT2D eigenvalue weighted by Gasteiger charge is 2.27. The van der Waals surface area contributed by atoms with E-state index in [4.69, 9.17) is 4.74 Å². The third-order valence-corrected chi connectivity index (χ3v) is 4.95. The number of benzene rings is 2. The van der Waals surface area contributed by atoms with Gasteiger partial charge in [0.15, 0.2) is 23.1 Å². The SMILES string of the molecule is Cn1ccnc1C1CNCCN1Cc1ccc(Oc2ccccc2F)c(F)c1. The third-order valence-electron chi connectivity index (χ3n) is 4.95. The number of halogens is 2. The maximum Gasteiger partial charge on any atom is 0.166 e. The van der Waals surface area contributed by atoms with Crippen LogP contribution >= 0.6 is 0 Å². The van der Waals surface area contributed by atoms with Gasteiger partial charge in [-0.15, -0.1) is 0 Å². The van der Waals surface area contributed by atoms with Gasteiger partial charge in [-0.2, -0.15) is 0 Å². The highest BCUT2D eigenvalue weighted by Crippen LogP contribution is 2.28. The summed E-state index contributed by atoms with van der Waals surface area (Å²) in [5.74, 6) is -0.0396. The molecule has 1 unspecified atom stereocenters. The number of hydrogen-bond donors (Lipinski definition) is 1. The van der Waals surface area contributed by atoms with Gasteiger partial charge in [-0.05, 0) is 29.8 Å². The van der Waals surface area contributed by atoms with E-state index in [9.17, 15) is 8.78 Å². The second-order valence-electron chi connectivity index (χ2n) is 6.88. The first-order valence-corrected chi connectivity index (χ1v) is 9.24. The van der Waals surface area contributed by atoms with E-state index < -0.39 is 11.6 Å². The van der Waals surface area contributed by atoms with Gasteiger partial charge in [-0.25, -0.2) is 13.8 Å². The molecule has 2 aromatic carbocycles. The van der Waals surface area contributed by atoms with Crippen LogP contribution in [0.2, 0.25) is 0 Å². The van der Waals surface area contributed by atoms with Gasteiger partial charge in [0, 0.05) is 45.6 Å². The van der Waals surface area contributed by atoms with Crippen molar-refractivity contribution in [2.75, 3.05) is 19.6 Å². The zero-order valence-electron chi connectivity index (χ0n) is 15.6. The van der Waals surface area contributed by atoms with Crippen LogP contribution in [-0.4, -0.2) is 34.1 Å². The normalized spacial score (nSPS) is 17.6. The summed E-state index contributed by atoms with van der Waals surface area (Å²) >= 11 is 0. The molecule has 2 heterocycles. The van der Waals surface area contributed by atoms with Crippen LogP contribution in [0.5, 0.6) is 11.5 Å². The maximum absolute atomic E-state index is 14.6. The van der Waals surface area contributed by atoms with E-state index in [0.717, 1.165) is 31.0 Å². The summed E-state index contributed by atoms with van der Waals surface area (Å²) in [6.45, 7) is 3.10. The van der Waals surface area contributed by atoms with Gasteiger partial charge in [0.25, 0.3) is 0 Å². The molecule has 0 aliphatic carbocycles. The number of imidazole rings is 1. The van der Waals surface area contributed by atoms with Crippen LogP contribution in [0, 0.1) is 11.6 Å². The lowest BCUT2D eigenvalue weighted by atomic mass is 10.1. The van der Waals surface area contributed by atoms with E-state index in [0.29, 0.717) is 6.54 Å². The van der Waals surface area contributed by atoms with Crippen LogP contribution in [0.15, 0.2) is 54.9 Å². The van der Waals surface area contributed by atoms with Crippen molar-refractivity contribution in [2.24, 2.45) is 7.05 Å². The predicted molar refractivity (Wildman–Crippen MR) is 102 cm³/mol. The molecular formula is C21H22F2N4O. The molecule has 1 N–H and O–H groups in total. The zero-order chi connectivity index (χ0) is 19.5. The molecule has 3 aromatic rings. The van der Waals surface area contributed by atoms with E-state index in [2.05, 4.69) is 15.2 Å². The van der Waals surface area contributed by atoms with Crippen molar-refractivity contribution in [3.05, 3.63) is 77.9 Å². The molecule has 0 spiro atoms. The van der Waals surface area contributed by atoms with E-state index in [1.807, 2.05) is 23.9 Å². The molecule has 4 rings (SSSR count). The number of para-hydroxylation sites is 1. The van der Waals surface area contributed by atoms with Gasteiger partial charge in [-0.1, -0.05) is 18.2 Å². The summed E-state index contributed by atoms with van der Waals surface area (Å²) in [6, 6.07) is 10.9. The van der Waals surface area contributed by atoms with Crippen LogP contribution in [0.4, 0.5) is 8.78 Å². The molecule has 7 heteroatoms. The fourth-order valence-corrected chi connectivity index (χ4v) is 3.49. The molecule has 0 bridgehead atoms. The van der Waals surface area contributed by atoms with E-state index in [-0.39, 0.29) is 17.5 Å². The van der Waals surface area contributed by atoms with Gasteiger partial charge < -0.3 is 14.6 Å². The summed E-state index contributed by atoms with van der Waals surface area (Å²) in [4.78, 5) is 6.75. The quantitative estimate of drug-likeness (QED) is 0.729. The molecule has 1 saturated heterocycles. The summed E-state index contributed by atoms with van der Waals surface area (Å²) < 4.78 is 35.7. The Balaban J connectivity index is 1.51. The Morgan fingerprint density at radius 3 is 2.71 bits per heavy atom. The lowest BCUT2D eigenvalue weighted by molar-refractivity contribution is 0.144. The molecular weight excluding hydrogens is 362 g/mol. The molecule has 28 heavy (non-hydrogen) atoms. The van der Waals surface area contributed by atoms with Crippen LogP contribution in [0.1, 0.15) is 17.4 Å². The largest absolute Gasteiger partial charge is 0.451 e. The molecule has 1 fully saturated rings. The summed E-state index contributed by atoms with van der Waals surface area (Å²) in [7, 11) is 1.98. The van der Waals surface area contributed by atoms with Gasteiger partial charge in [0.2, 0.25) is 0 Å². The Morgan fingerprint density at radius 2 is 1.96 bits per heavy atom. The fourth-order valence-electron chi connectivity index (χ4n) is 3.49. The number of nitrogens with one attached hydrogen (secondary N) is 1. The van der Waals surface area contributed by atoms with Crippen molar-refractivity contribution >= 4 is 0 Å². The van der Waals surface area contributed by atoms with E-state index in [1.54, 1.807) is 24.4 Å². The summed E-state index contributed by atoms with van der Waals surface area (Å²) in [5, 5.41) is 3.39. The van der Waals surface area contributed by atoms with Crippen LogP contribution in [-0.2, 0) is 13.6 Å². The third kappa shape index (κ3) is 3.90. The number of aryl methyl sites for hydroxylation is 1. The highest BCUT2D eigenvalue weighted by atomic mass is 19.1. The number of piperazine rings is 1. The number of hydrogen-bond acceptors (Lipinski definition) is 4. The molecule has 0 radical (unpaired) electrons. The van der Waals surface area contributed by atoms with Crippen LogP contribution < -0.4 is 10.1 Å². The number of nitrogens with zero attached hydrogens (tertiary/aromatic N) is 3. The van der Waals surface area contributed by atoms with Crippen LogP contribution in [0.25, 0.3) is 0 Å². The second-order valence-corrected chi connectivity index (χ2v) is 6.88. The molecule has 1 aliphatic heterocycles. The number of ether oxygens (including phenoxy) is 1.